The summed E-state index contributed by atoms with van der Waals surface area (Å²) in [5.41, 5.74) is 2.28. The van der Waals surface area contributed by atoms with E-state index in [-0.39, 0.29) is 23.2 Å². The number of rotatable bonds is 3. The molecule has 0 aliphatic carbocycles. The van der Waals surface area contributed by atoms with Gasteiger partial charge in [0.1, 0.15) is 17.4 Å². The molecule has 5 heterocycles. The van der Waals surface area contributed by atoms with Crippen molar-refractivity contribution in [3.63, 3.8) is 0 Å². The monoisotopic (exact) mass is 599 g/mol. The van der Waals surface area contributed by atoms with Crippen LogP contribution in [0.2, 0.25) is 0 Å². The highest BCUT2D eigenvalue weighted by Gasteiger charge is 2.30. The largest absolute Gasteiger partial charge is 0.505 e. The number of pyridine rings is 1. The van der Waals surface area contributed by atoms with Crippen LogP contribution < -0.4 is 21.2 Å². The van der Waals surface area contributed by atoms with E-state index in [4.69, 9.17) is 4.98 Å². The molecule has 42 heavy (non-hydrogen) atoms. The van der Waals surface area contributed by atoms with Crippen molar-refractivity contribution < 1.29 is 9.90 Å². The lowest BCUT2D eigenvalue weighted by Gasteiger charge is -2.40. The van der Waals surface area contributed by atoms with Crippen LogP contribution in [0.15, 0.2) is 48.0 Å². The molecule has 0 radical (unpaired) electrons. The fourth-order valence-electron chi connectivity index (χ4n) is 5.94. The number of hydrogen-bond acceptors (Lipinski definition) is 8. The summed E-state index contributed by atoms with van der Waals surface area (Å²) in [5.74, 6) is 0.154. The van der Waals surface area contributed by atoms with Gasteiger partial charge in [-0.1, -0.05) is 31.7 Å². The summed E-state index contributed by atoms with van der Waals surface area (Å²) in [5, 5.41) is 16.3. The van der Waals surface area contributed by atoms with Gasteiger partial charge in [-0.05, 0) is 48.4 Å². The van der Waals surface area contributed by atoms with Crippen molar-refractivity contribution in [1.29, 1.82) is 0 Å². The van der Waals surface area contributed by atoms with Gasteiger partial charge in [-0.15, -0.1) is 18.5 Å². The molecule has 1 aliphatic heterocycles. The Morgan fingerprint density at radius 1 is 1.12 bits per heavy atom. The Kier molecular flexibility index (Phi) is 7.16. The maximum atomic E-state index is 14.1. The van der Waals surface area contributed by atoms with Crippen LogP contribution in [0.1, 0.15) is 25.2 Å². The molecule has 4 aromatic heterocycles. The van der Waals surface area contributed by atoms with Crippen LogP contribution in [0.4, 0.5) is 5.82 Å². The predicted molar refractivity (Wildman–Crippen MR) is 174 cm³/mol. The molecule has 214 valence electrons. The van der Waals surface area contributed by atoms with Gasteiger partial charge < -0.3 is 14.9 Å². The van der Waals surface area contributed by atoms with E-state index in [1.807, 2.05) is 49.9 Å². The first-order valence-electron chi connectivity index (χ1n) is 13.7. The molecular formula is C30H31N7O3P2. The SMILES string of the molecule is C=CC(=O)N1CCN(c2nc(=O)n3c4c(CC)ncnc4ccc4ccc(P)c(P)c4c4c(C)nc2c3c4O)[C@@H](C)C1. The molecule has 3 atom stereocenters. The second kappa shape index (κ2) is 10.7. The highest BCUT2D eigenvalue weighted by atomic mass is 31.0. The van der Waals surface area contributed by atoms with Crippen LogP contribution in [0.5, 0.6) is 5.75 Å². The molecule has 10 nitrogen and oxygen atoms in total. The number of fused-ring (bicyclic) bond motifs is 5. The summed E-state index contributed by atoms with van der Waals surface area (Å²) in [6, 6.07) is 7.63. The van der Waals surface area contributed by atoms with Crippen molar-refractivity contribution in [1.82, 2.24) is 29.2 Å². The highest BCUT2D eigenvalue weighted by Crippen LogP contribution is 2.38. The van der Waals surface area contributed by atoms with Crippen molar-refractivity contribution in [3.05, 3.63) is 65.1 Å². The number of aromatic hydroxyl groups is 1. The normalized spacial score (nSPS) is 15.6. The standard InChI is InChI=1S/C30H31N7O3P2/c1-5-18-25-19(32-14-31-18)9-7-17-8-10-20(41)28(42)23(17)22-16(4)33-24-26(27(22)39)37(25)30(40)34-29(24)36-12-11-35(13-15(36)3)21(38)6-2/h6-10,14-15H,2,5,11-13,41-42H2,1,3-4H3,(H,33,39)/t15-/m0/s1. The van der Waals surface area contributed by atoms with Gasteiger partial charge in [-0.3, -0.25) is 9.20 Å². The lowest BCUT2D eigenvalue weighted by Crippen LogP contribution is -2.54. The maximum Gasteiger partial charge on any atom is 0.355 e. The van der Waals surface area contributed by atoms with E-state index in [1.54, 1.807) is 4.90 Å². The summed E-state index contributed by atoms with van der Waals surface area (Å²) in [6.07, 6.45) is 3.32. The molecule has 2 unspecified atom stereocenters. The van der Waals surface area contributed by atoms with Crippen LogP contribution in [0.25, 0.3) is 38.2 Å². The zero-order valence-corrected chi connectivity index (χ0v) is 25.9. The molecule has 1 N–H and O–H groups in total. The number of amides is 1. The number of anilines is 1. The summed E-state index contributed by atoms with van der Waals surface area (Å²) in [4.78, 5) is 48.8. The van der Waals surface area contributed by atoms with Gasteiger partial charge in [-0.25, -0.2) is 19.7 Å². The maximum absolute atomic E-state index is 14.1. The first-order chi connectivity index (χ1) is 20.2. The molecule has 0 saturated carbocycles. The Bertz CT molecular complexity index is 2060. The third kappa shape index (κ3) is 4.32. The molecule has 12 heteroatoms. The van der Waals surface area contributed by atoms with Crippen LogP contribution >= 0.6 is 18.5 Å². The van der Waals surface area contributed by atoms with Crippen molar-refractivity contribution in [2.45, 2.75) is 33.2 Å². The zero-order chi connectivity index (χ0) is 29.9. The van der Waals surface area contributed by atoms with E-state index in [0.717, 1.165) is 21.4 Å². The van der Waals surface area contributed by atoms with Gasteiger partial charge in [0.2, 0.25) is 5.91 Å². The zero-order valence-electron chi connectivity index (χ0n) is 23.6. The van der Waals surface area contributed by atoms with Gasteiger partial charge in [0.05, 0.1) is 16.7 Å². The minimum atomic E-state index is -0.577. The third-order valence-electron chi connectivity index (χ3n) is 8.01. The number of carbonyl (C=O) groups excluding carboxylic acids is 1. The van der Waals surface area contributed by atoms with Gasteiger partial charge >= 0.3 is 5.69 Å². The fourth-order valence-corrected chi connectivity index (χ4v) is 6.59. The second-order valence-electron chi connectivity index (χ2n) is 10.5. The van der Waals surface area contributed by atoms with E-state index in [1.165, 1.54) is 16.8 Å². The topological polar surface area (TPSA) is 117 Å². The summed E-state index contributed by atoms with van der Waals surface area (Å²) in [7, 11) is 5.51. The van der Waals surface area contributed by atoms with E-state index in [0.29, 0.717) is 65.2 Å². The second-order valence-corrected chi connectivity index (χ2v) is 11.7. The third-order valence-corrected chi connectivity index (χ3v) is 9.47. The molecule has 1 aliphatic rings. The fraction of sp³-hybridized carbons (Fsp3) is 0.267. The Labute approximate surface area is 246 Å². The molecule has 1 amide bonds. The number of piperazine rings is 1. The van der Waals surface area contributed by atoms with Gasteiger partial charge in [0.25, 0.3) is 0 Å². The van der Waals surface area contributed by atoms with Crippen LogP contribution in [-0.4, -0.2) is 65.9 Å². The number of benzene rings is 1. The van der Waals surface area contributed by atoms with Crippen molar-refractivity contribution in [2.24, 2.45) is 0 Å². The number of aromatic nitrogens is 5. The predicted octanol–water partition coefficient (Wildman–Crippen LogP) is 2.70. The molecule has 1 fully saturated rings. The molecule has 0 spiro atoms. The van der Waals surface area contributed by atoms with E-state index < -0.39 is 5.69 Å². The van der Waals surface area contributed by atoms with Crippen LogP contribution in [-0.2, 0) is 11.2 Å². The van der Waals surface area contributed by atoms with E-state index in [9.17, 15) is 14.7 Å². The minimum Gasteiger partial charge on any atom is -0.505 e. The smallest absolute Gasteiger partial charge is 0.355 e. The van der Waals surface area contributed by atoms with Gasteiger partial charge in [0.15, 0.2) is 11.6 Å². The van der Waals surface area contributed by atoms with E-state index >= 15 is 0 Å². The quantitative estimate of drug-likeness (QED) is 0.249. The van der Waals surface area contributed by atoms with Crippen LogP contribution in [0.3, 0.4) is 0 Å². The molecule has 1 saturated heterocycles. The molecule has 6 rings (SSSR count). The minimum absolute atomic E-state index is 0.0703. The van der Waals surface area contributed by atoms with E-state index in [2.05, 4.69) is 40.0 Å². The van der Waals surface area contributed by atoms with Crippen LogP contribution in [0, 0.1) is 6.92 Å². The number of hydrogen-bond donors (Lipinski definition) is 1. The Hall–Kier alpha value is -4.00. The number of nitrogens with zero attached hydrogens (tertiary/aromatic N) is 7. The Morgan fingerprint density at radius 3 is 2.60 bits per heavy atom. The summed E-state index contributed by atoms with van der Waals surface area (Å²) < 4.78 is 1.41. The molecule has 5 aromatic rings. The van der Waals surface area contributed by atoms with Crippen molar-refractivity contribution in [3.8, 4) is 5.75 Å². The average Bonchev–Trinajstić information content (AvgIpc) is 2.98. The highest BCUT2D eigenvalue weighted by molar-refractivity contribution is 7.36. The molecule has 2 bridgehead atoms. The Balaban J connectivity index is 1.83. The summed E-state index contributed by atoms with van der Waals surface area (Å²) >= 11 is 0. The van der Waals surface area contributed by atoms with Crippen molar-refractivity contribution >= 4 is 79.0 Å². The Morgan fingerprint density at radius 2 is 1.88 bits per heavy atom. The van der Waals surface area contributed by atoms with Gasteiger partial charge in [-0.2, -0.15) is 4.98 Å². The van der Waals surface area contributed by atoms with Gasteiger partial charge in [0, 0.05) is 42.1 Å². The first kappa shape index (κ1) is 28.1. The average molecular weight is 600 g/mol. The number of aryl methyl sites for hydroxylation is 2. The molecular weight excluding hydrogens is 568 g/mol. The first-order valence-corrected chi connectivity index (χ1v) is 14.9. The number of carbonyl (C=O) groups is 1. The lowest BCUT2D eigenvalue weighted by atomic mass is 10.0. The summed E-state index contributed by atoms with van der Waals surface area (Å²) in [6.45, 7) is 10.7. The van der Waals surface area contributed by atoms with Crippen molar-refractivity contribution in [2.75, 3.05) is 24.5 Å². The lowest BCUT2D eigenvalue weighted by molar-refractivity contribution is -0.126. The molecule has 1 aromatic carbocycles.